The summed E-state index contributed by atoms with van der Waals surface area (Å²) < 4.78 is 35.0. The molecule has 2 rings (SSSR count). The average Bonchev–Trinajstić information content (AvgIpc) is 3.17. The van der Waals surface area contributed by atoms with Gasteiger partial charge in [0.05, 0.1) is 32.1 Å². The highest BCUT2D eigenvalue weighted by molar-refractivity contribution is 7.55. The van der Waals surface area contributed by atoms with E-state index in [0.717, 1.165) is 4.68 Å². The number of rotatable bonds is 11. The molecule has 0 bridgehead atoms. The molecule has 1 aromatic rings. The molecule has 0 saturated carbocycles. The minimum absolute atomic E-state index is 0.0432. The van der Waals surface area contributed by atoms with E-state index < -0.39 is 56.5 Å². The van der Waals surface area contributed by atoms with Gasteiger partial charge in [-0.15, -0.1) is 5.10 Å². The zero-order valence-corrected chi connectivity index (χ0v) is 18.5. The Morgan fingerprint density at radius 2 is 1.84 bits per heavy atom. The third kappa shape index (κ3) is 5.88. The fourth-order valence-electron chi connectivity index (χ4n) is 3.26. The summed E-state index contributed by atoms with van der Waals surface area (Å²) >= 11 is 0. The lowest BCUT2D eigenvalue weighted by atomic mass is 9.97. The molecule has 0 radical (unpaired) electrons. The Hall–Kier alpha value is -1.44. The van der Waals surface area contributed by atoms with Crippen molar-refractivity contribution < 1.29 is 48.3 Å². The van der Waals surface area contributed by atoms with Crippen LogP contribution in [0.15, 0.2) is 6.20 Å². The number of aliphatic hydroxyl groups is 4. The van der Waals surface area contributed by atoms with Gasteiger partial charge in [-0.1, -0.05) is 5.21 Å². The second-order valence-electron chi connectivity index (χ2n) is 6.76. The smallest absolute Gasteiger partial charge is 0.345 e. The summed E-state index contributed by atoms with van der Waals surface area (Å²) in [5, 5.41) is 47.5. The zero-order chi connectivity index (χ0) is 23.2. The molecule has 1 fully saturated rings. The van der Waals surface area contributed by atoms with Gasteiger partial charge >= 0.3 is 13.6 Å². The minimum Gasteiger partial charge on any atom is -0.465 e. The van der Waals surface area contributed by atoms with E-state index in [1.54, 1.807) is 20.8 Å². The van der Waals surface area contributed by atoms with E-state index in [9.17, 15) is 29.8 Å². The maximum absolute atomic E-state index is 13.2. The van der Waals surface area contributed by atoms with Crippen LogP contribution in [0.1, 0.15) is 32.5 Å². The Balaban J connectivity index is 2.28. The fraction of sp³-hybridized carbons (Fsp3) is 0.824. The summed E-state index contributed by atoms with van der Waals surface area (Å²) in [5.74, 6) is -0.787. The third-order valence-corrected chi connectivity index (χ3v) is 7.08. The Bertz CT molecular complexity index is 752. The molecular weight excluding hydrogens is 437 g/mol. The Kier molecular flexibility index (Phi) is 9.52. The first-order chi connectivity index (χ1) is 14.7. The first kappa shape index (κ1) is 25.8. The van der Waals surface area contributed by atoms with Crippen molar-refractivity contribution in [3.05, 3.63) is 11.9 Å². The number of hydrogen-bond donors (Lipinski definition) is 4. The standard InChI is InChI=1S/C17H30N3O10P/c1-4-27-16(24)12(31(26,28-5-2)29-6-3)7-10-8-20(19-18-10)13-15(23)14(22)11(9-21)30-17(13)25/h8,11-15,17,21-23,25H,4-7,9H2,1-3H3/t11-,12?,13-,14-,15-,17?/m1/s1. The molecular formula is C17H30N3O10P. The molecule has 2 heterocycles. The van der Waals surface area contributed by atoms with Gasteiger partial charge in [0.25, 0.3) is 0 Å². The van der Waals surface area contributed by atoms with E-state index in [4.69, 9.17) is 18.5 Å². The number of hydrogen-bond acceptors (Lipinski definition) is 12. The normalized spacial score (nSPS) is 27.8. The van der Waals surface area contributed by atoms with Crippen LogP contribution in [0.2, 0.25) is 0 Å². The second-order valence-corrected chi connectivity index (χ2v) is 8.98. The highest BCUT2D eigenvalue weighted by atomic mass is 31.2. The molecule has 2 unspecified atom stereocenters. The van der Waals surface area contributed by atoms with Crippen LogP contribution in [0.3, 0.4) is 0 Å². The van der Waals surface area contributed by atoms with Gasteiger partial charge in [0, 0.05) is 12.6 Å². The molecule has 1 saturated heterocycles. The summed E-state index contributed by atoms with van der Waals surface area (Å²) in [5.41, 5.74) is -1.13. The summed E-state index contributed by atoms with van der Waals surface area (Å²) in [6, 6.07) is -1.23. The van der Waals surface area contributed by atoms with E-state index >= 15 is 0 Å². The number of aliphatic hydroxyl groups excluding tert-OH is 4. The van der Waals surface area contributed by atoms with Gasteiger partial charge in [-0.25, -0.2) is 4.68 Å². The predicted molar refractivity (Wildman–Crippen MR) is 104 cm³/mol. The minimum atomic E-state index is -3.89. The lowest BCUT2D eigenvalue weighted by Gasteiger charge is -2.39. The average molecular weight is 467 g/mol. The lowest BCUT2D eigenvalue weighted by molar-refractivity contribution is -0.265. The summed E-state index contributed by atoms with van der Waals surface area (Å²) in [7, 11) is -3.89. The number of esters is 1. The molecule has 178 valence electrons. The predicted octanol–water partition coefficient (Wildman–Crippen LogP) is -1.01. The highest BCUT2D eigenvalue weighted by Crippen LogP contribution is 2.54. The fourth-order valence-corrected chi connectivity index (χ4v) is 5.16. The Morgan fingerprint density at radius 1 is 1.19 bits per heavy atom. The molecule has 1 aliphatic rings. The summed E-state index contributed by atoms with van der Waals surface area (Å²) in [6.07, 6.45) is -4.66. The van der Waals surface area contributed by atoms with Crippen LogP contribution < -0.4 is 0 Å². The number of carbonyl (C=O) groups excluding carboxylic acids is 1. The van der Waals surface area contributed by atoms with Gasteiger partial charge < -0.3 is 38.9 Å². The molecule has 31 heavy (non-hydrogen) atoms. The highest BCUT2D eigenvalue weighted by Gasteiger charge is 2.46. The van der Waals surface area contributed by atoms with Crippen LogP contribution in [0, 0.1) is 0 Å². The van der Waals surface area contributed by atoms with Crippen molar-refractivity contribution in [1.82, 2.24) is 15.0 Å². The Morgan fingerprint density at radius 3 is 2.39 bits per heavy atom. The van der Waals surface area contributed by atoms with Crippen LogP contribution >= 0.6 is 7.60 Å². The van der Waals surface area contributed by atoms with Gasteiger partial charge in [0.2, 0.25) is 0 Å². The van der Waals surface area contributed by atoms with Gasteiger partial charge in [-0.3, -0.25) is 9.36 Å². The van der Waals surface area contributed by atoms with Gasteiger partial charge in [0.15, 0.2) is 11.9 Å². The van der Waals surface area contributed by atoms with Gasteiger partial charge in [0.1, 0.15) is 24.4 Å². The van der Waals surface area contributed by atoms with Crippen LogP contribution in [0.5, 0.6) is 0 Å². The van der Waals surface area contributed by atoms with E-state index in [0.29, 0.717) is 0 Å². The molecule has 0 aliphatic carbocycles. The van der Waals surface area contributed by atoms with Crippen LogP contribution in [0.4, 0.5) is 0 Å². The number of aromatic nitrogens is 3. The van der Waals surface area contributed by atoms with E-state index in [1.165, 1.54) is 6.20 Å². The quantitative estimate of drug-likeness (QED) is 0.230. The molecule has 4 N–H and O–H groups in total. The van der Waals surface area contributed by atoms with E-state index in [-0.39, 0.29) is 31.9 Å². The van der Waals surface area contributed by atoms with E-state index in [2.05, 4.69) is 10.3 Å². The van der Waals surface area contributed by atoms with E-state index in [1.807, 2.05) is 0 Å². The molecule has 13 nitrogen and oxygen atoms in total. The Labute approximate surface area is 179 Å². The molecule has 1 aliphatic heterocycles. The topological polar surface area (TPSA) is 183 Å². The lowest BCUT2D eigenvalue weighted by Crippen LogP contribution is -2.56. The van der Waals surface area contributed by atoms with Crippen molar-refractivity contribution in [2.24, 2.45) is 0 Å². The van der Waals surface area contributed by atoms with Gasteiger partial charge in [-0.05, 0) is 20.8 Å². The molecule has 14 heteroatoms. The third-order valence-electron chi connectivity index (χ3n) is 4.69. The maximum Gasteiger partial charge on any atom is 0.345 e. The largest absolute Gasteiger partial charge is 0.465 e. The van der Waals surface area contributed by atoms with Crippen LogP contribution in [-0.2, 0) is 34.3 Å². The van der Waals surface area contributed by atoms with Crippen molar-refractivity contribution >= 4 is 13.6 Å². The first-order valence-corrected chi connectivity index (χ1v) is 11.6. The molecule has 6 atom stereocenters. The van der Waals surface area contributed by atoms with Crippen LogP contribution in [-0.4, -0.2) is 98.1 Å². The van der Waals surface area contributed by atoms with Gasteiger partial charge in [-0.2, -0.15) is 0 Å². The monoisotopic (exact) mass is 467 g/mol. The second kappa shape index (κ2) is 11.4. The van der Waals surface area contributed by atoms with Crippen molar-refractivity contribution in [3.63, 3.8) is 0 Å². The summed E-state index contributed by atoms with van der Waals surface area (Å²) in [4.78, 5) is 12.5. The van der Waals surface area contributed by atoms with Crippen molar-refractivity contribution in [1.29, 1.82) is 0 Å². The van der Waals surface area contributed by atoms with Crippen molar-refractivity contribution in [3.8, 4) is 0 Å². The number of carbonyl (C=O) groups is 1. The van der Waals surface area contributed by atoms with Crippen LogP contribution in [0.25, 0.3) is 0 Å². The van der Waals surface area contributed by atoms with Crippen molar-refractivity contribution in [2.75, 3.05) is 26.4 Å². The molecule has 1 aromatic heterocycles. The summed E-state index contributed by atoms with van der Waals surface area (Å²) in [6.45, 7) is 4.37. The first-order valence-electron chi connectivity index (χ1n) is 9.98. The molecule has 0 aromatic carbocycles. The number of ether oxygens (including phenoxy) is 2. The molecule has 0 amide bonds. The zero-order valence-electron chi connectivity index (χ0n) is 17.6. The van der Waals surface area contributed by atoms with Crippen molar-refractivity contribution in [2.45, 2.75) is 63.5 Å². The SMILES string of the molecule is CCOC(=O)C(Cc1cn([C@H]2C(O)O[C@H](CO)[C@@H](O)[C@@H]2O)nn1)P(=O)(OCC)OCC. The maximum atomic E-state index is 13.2. The molecule has 0 spiro atoms. The number of nitrogens with zero attached hydrogens (tertiary/aromatic N) is 3.